The molecule has 3 heterocycles. The molecule has 9 nitrogen and oxygen atoms in total. The second kappa shape index (κ2) is 9.27. The predicted molar refractivity (Wildman–Crippen MR) is 117 cm³/mol. The monoisotopic (exact) mass is 442 g/mol. The average Bonchev–Trinajstić information content (AvgIpc) is 2.66. The molecule has 0 saturated carbocycles. The van der Waals surface area contributed by atoms with Crippen LogP contribution in [0.5, 0.6) is 0 Å². The molecule has 0 spiro atoms. The summed E-state index contributed by atoms with van der Waals surface area (Å²) >= 11 is 0. The van der Waals surface area contributed by atoms with Gasteiger partial charge in [-0.05, 0) is 21.0 Å². The molecule has 0 bridgehead atoms. The van der Waals surface area contributed by atoms with Crippen LogP contribution in [0.2, 0.25) is 0 Å². The van der Waals surface area contributed by atoms with E-state index in [9.17, 15) is 13.6 Å². The third kappa shape index (κ3) is 5.97. The molecular weight excluding hydrogens is 418 g/mol. The lowest BCUT2D eigenvalue weighted by molar-refractivity contribution is -0.114. The molecule has 0 aromatic carbocycles. The normalized spacial score (nSPS) is 11.5. The van der Waals surface area contributed by atoms with E-state index < -0.39 is 11.7 Å². The zero-order valence-electron chi connectivity index (χ0n) is 18.4. The van der Waals surface area contributed by atoms with E-state index in [2.05, 4.69) is 35.6 Å². The van der Waals surface area contributed by atoms with Gasteiger partial charge in [0.1, 0.15) is 11.6 Å². The number of hydrogen-bond acceptors (Lipinski definition) is 8. The summed E-state index contributed by atoms with van der Waals surface area (Å²) < 4.78 is 27.6. The van der Waals surface area contributed by atoms with Crippen LogP contribution in [0.25, 0.3) is 11.3 Å². The number of halogens is 2. The van der Waals surface area contributed by atoms with Crippen LogP contribution in [0.3, 0.4) is 0 Å². The van der Waals surface area contributed by atoms with E-state index in [1.54, 1.807) is 31.5 Å². The molecule has 3 aromatic rings. The number of anilines is 3. The van der Waals surface area contributed by atoms with Crippen LogP contribution in [-0.4, -0.2) is 49.8 Å². The van der Waals surface area contributed by atoms with Gasteiger partial charge in [0.15, 0.2) is 0 Å². The first-order chi connectivity index (χ1) is 15.0. The highest BCUT2D eigenvalue weighted by Gasteiger charge is 2.29. The van der Waals surface area contributed by atoms with Crippen LogP contribution in [0.4, 0.5) is 26.1 Å². The number of rotatable bonds is 7. The van der Waals surface area contributed by atoms with Crippen LogP contribution in [0.15, 0.2) is 30.7 Å². The SMILES string of the molecule is CC(=O)Nc1cc(Nc2cc(C)nc(C(C)(F)F)n2)c(-c2cncc(CN(C)C)n2)cn1. The summed E-state index contributed by atoms with van der Waals surface area (Å²) in [6.45, 7) is 4.29. The molecule has 0 fully saturated rings. The highest BCUT2D eigenvalue weighted by Crippen LogP contribution is 2.31. The number of nitrogens with zero attached hydrogens (tertiary/aromatic N) is 6. The van der Waals surface area contributed by atoms with Gasteiger partial charge >= 0.3 is 5.92 Å². The number of alkyl halides is 2. The number of amides is 1. The Labute approximate surface area is 184 Å². The minimum absolute atomic E-state index is 0.174. The summed E-state index contributed by atoms with van der Waals surface area (Å²) in [7, 11) is 3.84. The first-order valence-electron chi connectivity index (χ1n) is 9.76. The number of nitrogens with one attached hydrogen (secondary N) is 2. The van der Waals surface area contributed by atoms with Crippen molar-refractivity contribution >= 4 is 23.2 Å². The summed E-state index contributed by atoms with van der Waals surface area (Å²) in [5.41, 5.74) is 2.68. The molecule has 2 N–H and O–H groups in total. The maximum atomic E-state index is 13.8. The number of aryl methyl sites for hydroxylation is 1. The Morgan fingerprint density at radius 1 is 1.09 bits per heavy atom. The van der Waals surface area contributed by atoms with Crippen LogP contribution in [0, 0.1) is 6.92 Å². The Morgan fingerprint density at radius 3 is 2.50 bits per heavy atom. The summed E-state index contributed by atoms with van der Waals surface area (Å²) in [4.78, 5) is 34.4. The van der Waals surface area contributed by atoms with E-state index in [1.165, 1.54) is 13.1 Å². The lowest BCUT2D eigenvalue weighted by atomic mass is 10.1. The second-order valence-corrected chi connectivity index (χ2v) is 7.66. The number of carbonyl (C=O) groups is 1. The predicted octanol–water partition coefficient (Wildman–Crippen LogP) is 3.51. The molecule has 0 atom stereocenters. The zero-order chi connectivity index (χ0) is 23.5. The van der Waals surface area contributed by atoms with Crippen LogP contribution in [-0.2, 0) is 17.3 Å². The third-order valence-corrected chi connectivity index (χ3v) is 4.16. The summed E-state index contributed by atoms with van der Waals surface area (Å²) in [5.74, 6) is -3.63. The lowest BCUT2D eigenvalue weighted by Gasteiger charge is -2.16. The Kier molecular flexibility index (Phi) is 6.68. The van der Waals surface area contributed by atoms with Crippen LogP contribution < -0.4 is 10.6 Å². The Hall–Kier alpha value is -3.60. The largest absolute Gasteiger partial charge is 0.339 e. The highest BCUT2D eigenvalue weighted by molar-refractivity contribution is 5.89. The van der Waals surface area contributed by atoms with Gasteiger partial charge in [-0.15, -0.1) is 0 Å². The van der Waals surface area contributed by atoms with Gasteiger partial charge in [0.2, 0.25) is 11.7 Å². The first kappa shape index (κ1) is 23.1. The Balaban J connectivity index is 2.07. The first-order valence-corrected chi connectivity index (χ1v) is 9.76. The van der Waals surface area contributed by atoms with Crippen molar-refractivity contribution in [1.82, 2.24) is 29.8 Å². The molecule has 0 unspecified atom stereocenters. The molecular formula is C21H24F2N8O. The summed E-state index contributed by atoms with van der Waals surface area (Å²) in [6, 6.07) is 3.13. The van der Waals surface area contributed by atoms with E-state index in [0.717, 1.165) is 12.6 Å². The molecule has 0 aliphatic carbocycles. The molecule has 1 amide bonds. The summed E-state index contributed by atoms with van der Waals surface area (Å²) in [6.07, 6.45) is 4.77. The topological polar surface area (TPSA) is 109 Å². The van der Waals surface area contributed by atoms with E-state index >= 15 is 0 Å². The molecule has 3 aromatic heterocycles. The third-order valence-electron chi connectivity index (χ3n) is 4.16. The minimum Gasteiger partial charge on any atom is -0.339 e. The minimum atomic E-state index is -3.20. The van der Waals surface area contributed by atoms with Crippen molar-refractivity contribution in [3.8, 4) is 11.3 Å². The van der Waals surface area contributed by atoms with Gasteiger partial charge in [0.05, 0.1) is 23.3 Å². The number of pyridine rings is 1. The van der Waals surface area contributed by atoms with Crippen LogP contribution in [0.1, 0.15) is 31.1 Å². The lowest BCUT2D eigenvalue weighted by Crippen LogP contribution is -2.15. The van der Waals surface area contributed by atoms with Gasteiger partial charge in [-0.1, -0.05) is 0 Å². The van der Waals surface area contributed by atoms with E-state index in [1.807, 2.05) is 19.0 Å². The smallest absolute Gasteiger partial charge is 0.303 e. The number of carbonyl (C=O) groups excluding carboxylic acids is 1. The van der Waals surface area contributed by atoms with Crippen molar-refractivity contribution in [1.29, 1.82) is 0 Å². The highest BCUT2D eigenvalue weighted by atomic mass is 19.3. The van der Waals surface area contributed by atoms with Crippen molar-refractivity contribution in [3.05, 3.63) is 47.9 Å². The molecule has 0 aliphatic heterocycles. The Morgan fingerprint density at radius 2 is 1.84 bits per heavy atom. The quantitative estimate of drug-likeness (QED) is 0.572. The fourth-order valence-electron chi connectivity index (χ4n) is 2.91. The van der Waals surface area contributed by atoms with E-state index in [0.29, 0.717) is 29.2 Å². The van der Waals surface area contributed by atoms with Gasteiger partial charge < -0.3 is 15.5 Å². The van der Waals surface area contributed by atoms with E-state index in [-0.39, 0.29) is 17.5 Å². The second-order valence-electron chi connectivity index (χ2n) is 7.66. The van der Waals surface area contributed by atoms with Gasteiger partial charge in [-0.25, -0.2) is 19.9 Å². The Bertz CT molecular complexity index is 1130. The molecule has 168 valence electrons. The zero-order valence-corrected chi connectivity index (χ0v) is 18.4. The fraction of sp³-hybridized carbons (Fsp3) is 0.333. The molecule has 0 saturated heterocycles. The standard InChI is InChI=1S/C21H24F2N8O/c1-12-6-19(30-20(26-12)21(3,22)23)29-16-7-18(27-13(2)32)25-9-15(16)17-10-24-8-14(28-17)11-31(4)5/h6-10H,11H2,1-5H3,(H2,25,26,27,29,30,32). The van der Waals surface area contributed by atoms with Gasteiger partial charge in [-0.3, -0.25) is 9.78 Å². The number of aromatic nitrogens is 5. The molecule has 0 radical (unpaired) electrons. The fourth-order valence-corrected chi connectivity index (χ4v) is 2.91. The van der Waals surface area contributed by atoms with Crippen LogP contribution >= 0.6 is 0 Å². The average molecular weight is 442 g/mol. The number of hydrogen-bond donors (Lipinski definition) is 2. The maximum absolute atomic E-state index is 13.8. The summed E-state index contributed by atoms with van der Waals surface area (Å²) in [5, 5.41) is 5.65. The van der Waals surface area contributed by atoms with Crippen molar-refractivity contribution in [3.63, 3.8) is 0 Å². The van der Waals surface area contributed by atoms with Crippen molar-refractivity contribution in [2.45, 2.75) is 33.2 Å². The maximum Gasteiger partial charge on any atom is 0.303 e. The molecule has 0 aliphatic rings. The van der Waals surface area contributed by atoms with Gasteiger partial charge in [-0.2, -0.15) is 8.78 Å². The molecule has 3 rings (SSSR count). The van der Waals surface area contributed by atoms with Gasteiger partial charge in [0.25, 0.3) is 0 Å². The van der Waals surface area contributed by atoms with Crippen molar-refractivity contribution in [2.75, 3.05) is 24.7 Å². The van der Waals surface area contributed by atoms with Crippen molar-refractivity contribution < 1.29 is 13.6 Å². The molecule has 11 heteroatoms. The van der Waals surface area contributed by atoms with Crippen molar-refractivity contribution in [2.24, 2.45) is 0 Å². The molecule has 32 heavy (non-hydrogen) atoms. The van der Waals surface area contributed by atoms with E-state index in [4.69, 9.17) is 0 Å². The van der Waals surface area contributed by atoms with Gasteiger partial charge in [0, 0.05) is 56.2 Å².